The van der Waals surface area contributed by atoms with Crippen LogP contribution in [0.25, 0.3) is 0 Å². The molecule has 0 saturated heterocycles. The minimum atomic E-state index is 0.0460. The quantitative estimate of drug-likeness (QED) is 0.442. The third kappa shape index (κ3) is 4.49. The third-order valence-electron chi connectivity index (χ3n) is 1.22. The summed E-state index contributed by atoms with van der Waals surface area (Å²) in [5.41, 5.74) is 0. The molecule has 3 heteroatoms. The zero-order chi connectivity index (χ0) is 7.82. The molecule has 0 aliphatic rings. The second kappa shape index (κ2) is 6.74. The SMILES string of the molecule is C=CCC(CO)NCCO. The molecule has 0 saturated carbocycles. The van der Waals surface area contributed by atoms with E-state index < -0.39 is 0 Å². The van der Waals surface area contributed by atoms with Gasteiger partial charge in [0.15, 0.2) is 0 Å². The first kappa shape index (κ1) is 9.62. The average molecular weight is 145 g/mol. The van der Waals surface area contributed by atoms with Crippen LogP contribution in [0.4, 0.5) is 0 Å². The molecule has 0 amide bonds. The van der Waals surface area contributed by atoms with Crippen molar-refractivity contribution in [2.45, 2.75) is 12.5 Å². The van der Waals surface area contributed by atoms with Gasteiger partial charge in [-0.2, -0.15) is 0 Å². The first-order valence-electron chi connectivity index (χ1n) is 3.41. The number of aliphatic hydroxyl groups excluding tert-OH is 2. The predicted molar refractivity (Wildman–Crippen MR) is 40.8 cm³/mol. The van der Waals surface area contributed by atoms with Crippen LogP contribution >= 0.6 is 0 Å². The van der Waals surface area contributed by atoms with Gasteiger partial charge in [0.1, 0.15) is 0 Å². The van der Waals surface area contributed by atoms with E-state index in [2.05, 4.69) is 11.9 Å². The summed E-state index contributed by atoms with van der Waals surface area (Å²) in [5.74, 6) is 0. The second-order valence-electron chi connectivity index (χ2n) is 2.08. The standard InChI is InChI=1S/C7H15NO2/c1-2-3-7(6-10)8-4-5-9/h2,7-10H,1,3-6H2. The lowest BCUT2D eigenvalue weighted by atomic mass is 10.2. The summed E-state index contributed by atoms with van der Waals surface area (Å²) in [5, 5.41) is 20.0. The van der Waals surface area contributed by atoms with E-state index in [9.17, 15) is 0 Å². The highest BCUT2D eigenvalue weighted by Crippen LogP contribution is 1.89. The molecule has 0 aromatic heterocycles. The fourth-order valence-corrected chi connectivity index (χ4v) is 0.692. The van der Waals surface area contributed by atoms with Crippen molar-refractivity contribution in [1.29, 1.82) is 0 Å². The van der Waals surface area contributed by atoms with Crippen molar-refractivity contribution in [2.75, 3.05) is 19.8 Å². The minimum absolute atomic E-state index is 0.0460. The molecular weight excluding hydrogens is 130 g/mol. The van der Waals surface area contributed by atoms with Gasteiger partial charge in [0.2, 0.25) is 0 Å². The molecule has 0 fully saturated rings. The van der Waals surface area contributed by atoms with Gasteiger partial charge in [-0.1, -0.05) is 6.08 Å². The summed E-state index contributed by atoms with van der Waals surface area (Å²) in [6.07, 6.45) is 2.47. The molecule has 1 atom stereocenters. The average Bonchev–Trinajstić information content (AvgIpc) is 1.98. The first-order chi connectivity index (χ1) is 4.85. The van der Waals surface area contributed by atoms with Gasteiger partial charge < -0.3 is 15.5 Å². The van der Waals surface area contributed by atoms with E-state index in [1.165, 1.54) is 0 Å². The van der Waals surface area contributed by atoms with Crippen LogP contribution in [0.1, 0.15) is 6.42 Å². The zero-order valence-electron chi connectivity index (χ0n) is 6.08. The smallest absolute Gasteiger partial charge is 0.0587 e. The van der Waals surface area contributed by atoms with Gasteiger partial charge in [-0.05, 0) is 6.42 Å². The van der Waals surface area contributed by atoms with Crippen LogP contribution in [-0.4, -0.2) is 36.0 Å². The number of hydrogen-bond donors (Lipinski definition) is 3. The Morgan fingerprint density at radius 1 is 1.50 bits per heavy atom. The Balaban J connectivity index is 3.29. The highest BCUT2D eigenvalue weighted by atomic mass is 16.3. The number of rotatable bonds is 6. The van der Waals surface area contributed by atoms with E-state index in [0.29, 0.717) is 6.54 Å². The van der Waals surface area contributed by atoms with E-state index in [0.717, 1.165) is 6.42 Å². The Morgan fingerprint density at radius 3 is 2.60 bits per heavy atom. The van der Waals surface area contributed by atoms with Crippen molar-refractivity contribution < 1.29 is 10.2 Å². The molecule has 0 aliphatic carbocycles. The molecule has 0 aromatic carbocycles. The summed E-state index contributed by atoms with van der Waals surface area (Å²) >= 11 is 0. The highest BCUT2D eigenvalue weighted by molar-refractivity contribution is 4.76. The molecule has 0 bridgehead atoms. The van der Waals surface area contributed by atoms with Crippen LogP contribution in [0.2, 0.25) is 0 Å². The monoisotopic (exact) mass is 145 g/mol. The summed E-state index contributed by atoms with van der Waals surface area (Å²) in [6.45, 7) is 4.26. The zero-order valence-corrected chi connectivity index (χ0v) is 6.08. The molecule has 10 heavy (non-hydrogen) atoms. The third-order valence-corrected chi connectivity index (χ3v) is 1.22. The summed E-state index contributed by atoms with van der Waals surface area (Å²) in [4.78, 5) is 0. The van der Waals surface area contributed by atoms with Gasteiger partial charge in [-0.25, -0.2) is 0 Å². The fraction of sp³-hybridized carbons (Fsp3) is 0.714. The number of aliphatic hydroxyl groups is 2. The van der Waals surface area contributed by atoms with E-state index in [1.807, 2.05) is 0 Å². The Hall–Kier alpha value is -0.380. The van der Waals surface area contributed by atoms with Crippen LogP contribution in [0.3, 0.4) is 0 Å². The van der Waals surface area contributed by atoms with E-state index >= 15 is 0 Å². The van der Waals surface area contributed by atoms with Crippen LogP contribution in [-0.2, 0) is 0 Å². The van der Waals surface area contributed by atoms with E-state index in [4.69, 9.17) is 10.2 Å². The van der Waals surface area contributed by atoms with Crippen molar-refractivity contribution in [2.24, 2.45) is 0 Å². The topological polar surface area (TPSA) is 52.5 Å². The highest BCUT2D eigenvalue weighted by Gasteiger charge is 2.01. The molecule has 0 radical (unpaired) electrons. The lowest BCUT2D eigenvalue weighted by molar-refractivity contribution is 0.226. The summed E-state index contributed by atoms with van der Waals surface area (Å²) in [6, 6.07) is 0.0460. The van der Waals surface area contributed by atoms with Crippen LogP contribution in [0.15, 0.2) is 12.7 Å². The van der Waals surface area contributed by atoms with Gasteiger partial charge in [-0.15, -0.1) is 6.58 Å². The van der Waals surface area contributed by atoms with Crippen LogP contribution < -0.4 is 5.32 Å². The molecule has 60 valence electrons. The lowest BCUT2D eigenvalue weighted by Gasteiger charge is -2.12. The normalized spacial score (nSPS) is 13.0. The minimum Gasteiger partial charge on any atom is -0.395 e. The van der Waals surface area contributed by atoms with Crippen LogP contribution in [0, 0.1) is 0 Å². The molecule has 0 aromatic rings. The summed E-state index contributed by atoms with van der Waals surface area (Å²) in [7, 11) is 0. The predicted octanol–water partition coefficient (Wildman–Crippen LogP) is -0.495. The fourth-order valence-electron chi connectivity index (χ4n) is 0.692. The molecule has 0 rings (SSSR count). The largest absolute Gasteiger partial charge is 0.395 e. The van der Waals surface area contributed by atoms with Crippen molar-refractivity contribution in [3.05, 3.63) is 12.7 Å². The van der Waals surface area contributed by atoms with E-state index in [1.54, 1.807) is 6.08 Å². The van der Waals surface area contributed by atoms with Gasteiger partial charge in [0, 0.05) is 12.6 Å². The molecule has 3 nitrogen and oxygen atoms in total. The lowest BCUT2D eigenvalue weighted by Crippen LogP contribution is -2.33. The number of nitrogens with one attached hydrogen (secondary N) is 1. The molecule has 0 spiro atoms. The maximum absolute atomic E-state index is 8.69. The number of hydrogen-bond acceptors (Lipinski definition) is 3. The Kier molecular flexibility index (Phi) is 6.48. The van der Waals surface area contributed by atoms with Crippen molar-refractivity contribution in [1.82, 2.24) is 5.32 Å². The first-order valence-corrected chi connectivity index (χ1v) is 3.41. The summed E-state index contributed by atoms with van der Waals surface area (Å²) < 4.78 is 0. The molecule has 1 unspecified atom stereocenters. The van der Waals surface area contributed by atoms with Gasteiger partial charge >= 0.3 is 0 Å². The van der Waals surface area contributed by atoms with Gasteiger partial charge in [0.25, 0.3) is 0 Å². The maximum Gasteiger partial charge on any atom is 0.0587 e. The van der Waals surface area contributed by atoms with Crippen molar-refractivity contribution >= 4 is 0 Å². The Bertz CT molecular complexity index is 85.7. The van der Waals surface area contributed by atoms with Crippen molar-refractivity contribution in [3.8, 4) is 0 Å². The van der Waals surface area contributed by atoms with Crippen LogP contribution in [0.5, 0.6) is 0 Å². The van der Waals surface area contributed by atoms with E-state index in [-0.39, 0.29) is 19.3 Å². The Morgan fingerprint density at radius 2 is 2.20 bits per heavy atom. The Labute approximate surface area is 61.4 Å². The molecule has 0 heterocycles. The second-order valence-corrected chi connectivity index (χ2v) is 2.08. The molecular formula is C7H15NO2. The van der Waals surface area contributed by atoms with Gasteiger partial charge in [0.05, 0.1) is 13.2 Å². The van der Waals surface area contributed by atoms with Crippen molar-refractivity contribution in [3.63, 3.8) is 0 Å². The van der Waals surface area contributed by atoms with Gasteiger partial charge in [-0.3, -0.25) is 0 Å². The molecule has 3 N–H and O–H groups in total. The maximum atomic E-state index is 8.69. The molecule has 0 aliphatic heterocycles.